The van der Waals surface area contributed by atoms with Crippen LogP contribution < -0.4 is 0 Å². The molecule has 2 rings (SSSR count). The molecule has 1 heterocycles. The Morgan fingerprint density at radius 2 is 2.12 bits per heavy atom. The van der Waals surface area contributed by atoms with Gasteiger partial charge in [0.2, 0.25) is 0 Å². The van der Waals surface area contributed by atoms with Crippen LogP contribution in [0.4, 0.5) is 0 Å². The monoisotopic (exact) mass is 283 g/mol. The molecule has 1 unspecified atom stereocenters. The summed E-state index contributed by atoms with van der Waals surface area (Å²) in [5, 5.41) is 1.05. The van der Waals surface area contributed by atoms with Crippen molar-refractivity contribution in [3.05, 3.63) is 35.9 Å². The molecule has 1 fully saturated rings. The summed E-state index contributed by atoms with van der Waals surface area (Å²) in [7, 11) is 0. The minimum atomic E-state index is 0.563. The van der Waals surface area contributed by atoms with Crippen molar-refractivity contribution in [2.24, 2.45) is 0 Å². The fraction of sp³-hybridized carbons (Fsp3) is 0.538. The lowest BCUT2D eigenvalue weighted by Crippen LogP contribution is -2.45. The van der Waals surface area contributed by atoms with E-state index in [4.69, 9.17) is 4.74 Å². The molecule has 88 valence electrons. The molecule has 1 aromatic rings. The van der Waals surface area contributed by atoms with Crippen molar-refractivity contribution in [3.8, 4) is 0 Å². The molecule has 0 aromatic heterocycles. The van der Waals surface area contributed by atoms with E-state index in [1.165, 1.54) is 5.56 Å². The van der Waals surface area contributed by atoms with Gasteiger partial charge in [-0.25, -0.2) is 0 Å². The van der Waals surface area contributed by atoms with Gasteiger partial charge in [0.15, 0.2) is 0 Å². The van der Waals surface area contributed by atoms with E-state index in [1.54, 1.807) is 0 Å². The minimum absolute atomic E-state index is 0.563. The maximum absolute atomic E-state index is 5.54. The third kappa shape index (κ3) is 3.30. The molecule has 1 saturated heterocycles. The van der Waals surface area contributed by atoms with Crippen LogP contribution >= 0.6 is 15.9 Å². The van der Waals surface area contributed by atoms with Gasteiger partial charge >= 0.3 is 0 Å². The highest BCUT2D eigenvalue weighted by atomic mass is 79.9. The topological polar surface area (TPSA) is 12.5 Å². The van der Waals surface area contributed by atoms with E-state index in [2.05, 4.69) is 51.2 Å². The largest absolute Gasteiger partial charge is 0.378 e. The number of nitrogens with zero attached hydrogens (tertiary/aromatic N) is 1. The zero-order chi connectivity index (χ0) is 11.2. The molecule has 1 atom stereocenters. The van der Waals surface area contributed by atoms with Gasteiger partial charge in [-0.05, 0) is 12.0 Å². The fourth-order valence-corrected chi connectivity index (χ4v) is 2.64. The van der Waals surface area contributed by atoms with Crippen LogP contribution in [0.1, 0.15) is 12.0 Å². The average molecular weight is 284 g/mol. The van der Waals surface area contributed by atoms with Gasteiger partial charge in [0.25, 0.3) is 0 Å². The first-order valence-corrected chi connectivity index (χ1v) is 6.94. The zero-order valence-corrected chi connectivity index (χ0v) is 11.0. The lowest BCUT2D eigenvalue weighted by atomic mass is 10.1. The van der Waals surface area contributed by atoms with Gasteiger partial charge in [-0.15, -0.1) is 0 Å². The van der Waals surface area contributed by atoms with E-state index in [0.717, 1.165) is 38.1 Å². The van der Waals surface area contributed by atoms with Gasteiger partial charge < -0.3 is 4.74 Å². The number of hydrogen-bond donors (Lipinski definition) is 0. The summed E-state index contributed by atoms with van der Waals surface area (Å²) in [5.41, 5.74) is 1.39. The molecule has 1 aromatic carbocycles. The molecule has 1 aliphatic heterocycles. The molecule has 3 heteroatoms. The Bertz CT molecular complexity index is 302. The Kier molecular flexibility index (Phi) is 4.82. The van der Waals surface area contributed by atoms with Gasteiger partial charge in [-0.2, -0.15) is 0 Å². The van der Waals surface area contributed by atoms with Crippen LogP contribution in [0.25, 0.3) is 0 Å². The summed E-state index contributed by atoms with van der Waals surface area (Å²) in [5.74, 6) is 0. The number of benzene rings is 1. The highest BCUT2D eigenvalue weighted by Crippen LogP contribution is 2.15. The van der Waals surface area contributed by atoms with E-state index >= 15 is 0 Å². The number of morpholine rings is 1. The third-order valence-electron chi connectivity index (χ3n) is 3.02. The Morgan fingerprint density at radius 3 is 2.88 bits per heavy atom. The van der Waals surface area contributed by atoms with Crippen molar-refractivity contribution in [3.63, 3.8) is 0 Å². The predicted molar refractivity (Wildman–Crippen MR) is 69.9 cm³/mol. The Balaban J connectivity index is 1.96. The van der Waals surface area contributed by atoms with Crippen LogP contribution in [0.3, 0.4) is 0 Å². The highest BCUT2D eigenvalue weighted by Gasteiger charge is 2.22. The van der Waals surface area contributed by atoms with Gasteiger partial charge in [0.05, 0.1) is 13.2 Å². The van der Waals surface area contributed by atoms with Crippen LogP contribution in [0.15, 0.2) is 30.3 Å². The molecular formula is C13H18BrNO. The summed E-state index contributed by atoms with van der Waals surface area (Å²) in [6, 6.07) is 11.2. The summed E-state index contributed by atoms with van der Waals surface area (Å²) >= 11 is 3.52. The van der Waals surface area contributed by atoms with Gasteiger partial charge in [-0.1, -0.05) is 46.3 Å². The van der Waals surface area contributed by atoms with E-state index in [9.17, 15) is 0 Å². The second kappa shape index (κ2) is 6.38. The molecule has 0 spiro atoms. The first-order chi connectivity index (χ1) is 7.90. The van der Waals surface area contributed by atoms with E-state index in [0.29, 0.717) is 6.04 Å². The number of alkyl halides is 1. The van der Waals surface area contributed by atoms with Crippen molar-refractivity contribution in [2.75, 3.05) is 25.1 Å². The zero-order valence-electron chi connectivity index (χ0n) is 9.44. The minimum Gasteiger partial charge on any atom is -0.378 e. The molecule has 0 N–H and O–H groups in total. The molecule has 0 bridgehead atoms. The quantitative estimate of drug-likeness (QED) is 0.788. The number of ether oxygens (including phenoxy) is 1. The molecule has 0 radical (unpaired) electrons. The Morgan fingerprint density at radius 1 is 1.31 bits per heavy atom. The van der Waals surface area contributed by atoms with Crippen molar-refractivity contribution in [1.29, 1.82) is 0 Å². The van der Waals surface area contributed by atoms with Crippen LogP contribution in [0.5, 0.6) is 0 Å². The maximum atomic E-state index is 5.54. The van der Waals surface area contributed by atoms with Crippen LogP contribution in [-0.4, -0.2) is 36.0 Å². The van der Waals surface area contributed by atoms with E-state index < -0.39 is 0 Å². The number of halogens is 1. The van der Waals surface area contributed by atoms with Crippen LogP contribution in [0, 0.1) is 0 Å². The second-order valence-electron chi connectivity index (χ2n) is 4.16. The first-order valence-electron chi connectivity index (χ1n) is 5.82. The molecule has 16 heavy (non-hydrogen) atoms. The molecule has 0 saturated carbocycles. The summed E-state index contributed by atoms with van der Waals surface area (Å²) in [6.45, 7) is 3.83. The molecule has 2 nitrogen and oxygen atoms in total. The predicted octanol–water partition coefficient (Wildman–Crippen LogP) is 2.67. The SMILES string of the molecule is BrCCC1COCCN1Cc1ccccc1. The summed E-state index contributed by atoms with van der Waals surface area (Å²) < 4.78 is 5.54. The molecule has 1 aliphatic rings. The number of rotatable bonds is 4. The van der Waals surface area contributed by atoms with Gasteiger partial charge in [0, 0.05) is 24.5 Å². The van der Waals surface area contributed by atoms with Crippen molar-refractivity contribution in [2.45, 2.75) is 19.0 Å². The third-order valence-corrected chi connectivity index (χ3v) is 3.48. The Labute approximate surface area is 106 Å². The lowest BCUT2D eigenvalue weighted by molar-refractivity contribution is -0.0122. The molecule has 0 amide bonds. The Hall–Kier alpha value is -0.380. The van der Waals surface area contributed by atoms with Crippen LogP contribution in [-0.2, 0) is 11.3 Å². The maximum Gasteiger partial charge on any atom is 0.0622 e. The van der Waals surface area contributed by atoms with E-state index in [1.807, 2.05) is 0 Å². The summed E-state index contributed by atoms with van der Waals surface area (Å²) in [4.78, 5) is 2.53. The first kappa shape index (κ1) is 12.1. The van der Waals surface area contributed by atoms with Crippen LogP contribution in [0.2, 0.25) is 0 Å². The number of hydrogen-bond acceptors (Lipinski definition) is 2. The standard InChI is InChI=1S/C13H18BrNO/c14-7-6-13-11-16-9-8-15(13)10-12-4-2-1-3-5-12/h1-5,13H,6-11H2. The van der Waals surface area contributed by atoms with E-state index in [-0.39, 0.29) is 0 Å². The van der Waals surface area contributed by atoms with Crippen molar-refractivity contribution < 1.29 is 4.74 Å². The van der Waals surface area contributed by atoms with Gasteiger partial charge in [-0.3, -0.25) is 4.90 Å². The molecule has 0 aliphatic carbocycles. The van der Waals surface area contributed by atoms with Gasteiger partial charge in [0.1, 0.15) is 0 Å². The van der Waals surface area contributed by atoms with Crippen molar-refractivity contribution >= 4 is 15.9 Å². The smallest absolute Gasteiger partial charge is 0.0622 e. The fourth-order valence-electron chi connectivity index (χ4n) is 2.11. The lowest BCUT2D eigenvalue weighted by Gasteiger charge is -2.35. The van der Waals surface area contributed by atoms with Crippen molar-refractivity contribution in [1.82, 2.24) is 4.90 Å². The second-order valence-corrected chi connectivity index (χ2v) is 4.96. The molecular weight excluding hydrogens is 266 g/mol. The highest BCUT2D eigenvalue weighted by molar-refractivity contribution is 9.09. The normalized spacial score (nSPS) is 22.2. The summed E-state index contributed by atoms with van der Waals surface area (Å²) in [6.07, 6.45) is 1.16. The average Bonchev–Trinajstić information content (AvgIpc) is 2.33.